The number of hydrogen-bond donors (Lipinski definition) is 2. The van der Waals surface area contributed by atoms with Gasteiger partial charge in [0.15, 0.2) is 5.60 Å². The van der Waals surface area contributed by atoms with Crippen LogP contribution in [0.25, 0.3) is 0 Å². The third-order valence-electron chi connectivity index (χ3n) is 5.51. The van der Waals surface area contributed by atoms with E-state index in [1.54, 1.807) is 4.90 Å². The third-order valence-corrected chi connectivity index (χ3v) is 5.51. The summed E-state index contributed by atoms with van der Waals surface area (Å²) in [6.07, 6.45) is 2.22. The summed E-state index contributed by atoms with van der Waals surface area (Å²) in [5.74, 6) is 0.466. The molecule has 2 saturated heterocycles. The average molecular weight is 401 g/mol. The van der Waals surface area contributed by atoms with Crippen LogP contribution in [0, 0.1) is 13.8 Å². The summed E-state index contributed by atoms with van der Waals surface area (Å²) in [7, 11) is 0. The van der Waals surface area contributed by atoms with Crippen molar-refractivity contribution in [2.75, 3.05) is 44.2 Å². The minimum absolute atomic E-state index is 0.0874. The van der Waals surface area contributed by atoms with E-state index in [1.165, 1.54) is 0 Å². The summed E-state index contributed by atoms with van der Waals surface area (Å²) in [4.78, 5) is 42.7. The largest absolute Gasteiger partial charge is 0.386 e. The minimum Gasteiger partial charge on any atom is -0.386 e. The zero-order chi connectivity index (χ0) is 20.4. The first-order chi connectivity index (χ1) is 13.9. The van der Waals surface area contributed by atoms with E-state index >= 15 is 0 Å². The molecule has 0 aromatic carbocycles. The zero-order valence-electron chi connectivity index (χ0n) is 16.9. The first kappa shape index (κ1) is 19.4. The highest BCUT2D eigenvalue weighted by Gasteiger charge is 2.45. The number of anilines is 1. The second-order valence-corrected chi connectivity index (χ2v) is 7.94. The lowest BCUT2D eigenvalue weighted by Crippen LogP contribution is -2.49. The summed E-state index contributed by atoms with van der Waals surface area (Å²) in [6, 6.07) is 1.86. The molecular formula is C19H27N7O3. The molecule has 0 unspecified atom stereocenters. The molecule has 3 aliphatic rings. The number of hydrogen-bond acceptors (Lipinski definition) is 7. The molecule has 2 N–H and O–H groups in total. The number of urea groups is 1. The van der Waals surface area contributed by atoms with Crippen LogP contribution in [0.5, 0.6) is 0 Å². The lowest BCUT2D eigenvalue weighted by Gasteiger charge is -2.38. The zero-order valence-corrected chi connectivity index (χ0v) is 16.9. The molecule has 4 rings (SSSR count). The highest BCUT2D eigenvalue weighted by atomic mass is 16.7. The third kappa shape index (κ3) is 4.25. The Balaban J connectivity index is 1.32. The lowest BCUT2D eigenvalue weighted by atomic mass is 9.88. The Labute approximate surface area is 169 Å². The maximum absolute atomic E-state index is 12.5. The van der Waals surface area contributed by atoms with Crippen LogP contribution in [-0.4, -0.2) is 77.4 Å². The van der Waals surface area contributed by atoms with Gasteiger partial charge in [-0.25, -0.2) is 14.8 Å². The number of nitrogens with one attached hydrogen (secondary N) is 2. The maximum Gasteiger partial charge on any atom is 0.317 e. The number of oxime groups is 1. The van der Waals surface area contributed by atoms with Crippen molar-refractivity contribution >= 4 is 23.6 Å². The Morgan fingerprint density at radius 1 is 1.31 bits per heavy atom. The fraction of sp³-hybridized carbons (Fsp3) is 0.632. The fourth-order valence-corrected chi connectivity index (χ4v) is 4.11. The first-order valence-electron chi connectivity index (χ1n) is 10.1. The Morgan fingerprint density at radius 3 is 2.83 bits per heavy atom. The fourth-order valence-electron chi connectivity index (χ4n) is 4.11. The summed E-state index contributed by atoms with van der Waals surface area (Å²) in [5, 5.41) is 9.67. The van der Waals surface area contributed by atoms with E-state index < -0.39 is 5.60 Å². The molecule has 156 valence electrons. The van der Waals surface area contributed by atoms with Gasteiger partial charge >= 0.3 is 6.03 Å². The van der Waals surface area contributed by atoms with E-state index in [1.807, 2.05) is 19.9 Å². The Bertz CT molecular complexity index is 823. The van der Waals surface area contributed by atoms with Gasteiger partial charge in [0.25, 0.3) is 5.91 Å². The van der Waals surface area contributed by atoms with Gasteiger partial charge in [0, 0.05) is 50.5 Å². The van der Waals surface area contributed by atoms with Crippen LogP contribution in [0.15, 0.2) is 11.2 Å². The number of aromatic nitrogens is 2. The molecule has 0 bridgehead atoms. The van der Waals surface area contributed by atoms with E-state index in [-0.39, 0.29) is 11.9 Å². The molecule has 3 aliphatic heterocycles. The molecule has 10 heteroatoms. The molecule has 0 radical (unpaired) electrons. The van der Waals surface area contributed by atoms with Gasteiger partial charge in [0.05, 0.1) is 6.54 Å². The number of piperidine rings is 1. The van der Waals surface area contributed by atoms with Gasteiger partial charge in [0.2, 0.25) is 5.95 Å². The molecule has 29 heavy (non-hydrogen) atoms. The van der Waals surface area contributed by atoms with Crippen LogP contribution in [0.2, 0.25) is 0 Å². The molecular weight excluding hydrogens is 374 g/mol. The monoisotopic (exact) mass is 401 g/mol. The number of carbonyl (C=O) groups is 2. The molecule has 0 saturated carbocycles. The van der Waals surface area contributed by atoms with Crippen molar-refractivity contribution in [2.24, 2.45) is 5.16 Å². The minimum atomic E-state index is -0.513. The van der Waals surface area contributed by atoms with E-state index in [9.17, 15) is 9.59 Å². The van der Waals surface area contributed by atoms with E-state index in [4.69, 9.17) is 4.84 Å². The summed E-state index contributed by atoms with van der Waals surface area (Å²) < 4.78 is 0. The second-order valence-electron chi connectivity index (χ2n) is 7.94. The molecule has 10 nitrogen and oxygen atoms in total. The predicted octanol–water partition coefficient (Wildman–Crippen LogP) is 0.350. The van der Waals surface area contributed by atoms with Crippen molar-refractivity contribution < 1.29 is 14.4 Å². The smallest absolute Gasteiger partial charge is 0.317 e. The first-order valence-corrected chi connectivity index (χ1v) is 10.1. The number of amides is 3. The molecule has 2 fully saturated rings. The highest BCUT2D eigenvalue weighted by molar-refractivity contribution is 6.39. The van der Waals surface area contributed by atoms with Gasteiger partial charge in [0.1, 0.15) is 5.71 Å². The van der Waals surface area contributed by atoms with Crippen molar-refractivity contribution in [3.8, 4) is 0 Å². The lowest BCUT2D eigenvalue weighted by molar-refractivity contribution is -0.114. The van der Waals surface area contributed by atoms with Crippen LogP contribution >= 0.6 is 0 Å². The normalized spacial score (nSPS) is 23.8. The Hall–Kier alpha value is -2.91. The molecule has 4 heterocycles. The quantitative estimate of drug-likeness (QED) is 0.736. The predicted molar refractivity (Wildman–Crippen MR) is 107 cm³/mol. The Morgan fingerprint density at radius 2 is 2.10 bits per heavy atom. The summed E-state index contributed by atoms with van der Waals surface area (Å²) in [6.45, 7) is 7.56. The van der Waals surface area contributed by atoms with Crippen molar-refractivity contribution in [1.29, 1.82) is 0 Å². The highest BCUT2D eigenvalue weighted by Crippen LogP contribution is 2.34. The van der Waals surface area contributed by atoms with Gasteiger partial charge in [-0.1, -0.05) is 5.16 Å². The van der Waals surface area contributed by atoms with E-state index in [2.05, 4.69) is 30.7 Å². The molecule has 1 aromatic rings. The van der Waals surface area contributed by atoms with Crippen molar-refractivity contribution in [3.05, 3.63) is 17.5 Å². The molecule has 1 spiro atoms. The van der Waals surface area contributed by atoms with Gasteiger partial charge in [-0.2, -0.15) is 0 Å². The van der Waals surface area contributed by atoms with E-state index in [0.29, 0.717) is 50.8 Å². The standard InChI is InChI=1S/C19H27N7O3/c1-13-10-14(2)23-17(22-13)26-7-3-4-19(12-26)11-15(24-29-19)16(27)20-5-8-25-9-6-21-18(25)28/h10H,3-9,11-12H2,1-2H3,(H,20,27)(H,21,28)/t19-/m1/s1. The van der Waals surface area contributed by atoms with Crippen LogP contribution in [0.1, 0.15) is 30.7 Å². The van der Waals surface area contributed by atoms with Crippen LogP contribution in [0.4, 0.5) is 10.7 Å². The average Bonchev–Trinajstić information content (AvgIpc) is 3.28. The topological polar surface area (TPSA) is 112 Å². The maximum atomic E-state index is 12.5. The molecule has 0 aliphatic carbocycles. The summed E-state index contributed by atoms with van der Waals surface area (Å²) >= 11 is 0. The van der Waals surface area contributed by atoms with E-state index in [0.717, 1.165) is 30.8 Å². The van der Waals surface area contributed by atoms with Gasteiger partial charge < -0.3 is 25.3 Å². The number of carbonyl (C=O) groups excluding carboxylic acids is 2. The van der Waals surface area contributed by atoms with Crippen molar-refractivity contribution in [3.63, 3.8) is 0 Å². The van der Waals surface area contributed by atoms with Crippen molar-refractivity contribution in [1.82, 2.24) is 25.5 Å². The molecule has 1 atom stereocenters. The number of aryl methyl sites for hydroxylation is 2. The molecule has 1 aromatic heterocycles. The van der Waals surface area contributed by atoms with Crippen LogP contribution < -0.4 is 15.5 Å². The summed E-state index contributed by atoms with van der Waals surface area (Å²) in [5.41, 5.74) is 1.75. The SMILES string of the molecule is Cc1cc(C)nc(N2CCC[C@@]3(CC(C(=O)NCCN4CCNC4=O)=NO3)C2)n1. The second kappa shape index (κ2) is 7.84. The van der Waals surface area contributed by atoms with Crippen LogP contribution in [-0.2, 0) is 9.63 Å². The van der Waals surface area contributed by atoms with Crippen LogP contribution in [0.3, 0.4) is 0 Å². The van der Waals surface area contributed by atoms with Gasteiger partial charge in [-0.15, -0.1) is 0 Å². The van der Waals surface area contributed by atoms with Gasteiger partial charge in [-0.3, -0.25) is 4.79 Å². The Kier molecular flexibility index (Phi) is 5.25. The van der Waals surface area contributed by atoms with Crippen molar-refractivity contribution in [2.45, 2.75) is 38.7 Å². The number of rotatable bonds is 5. The van der Waals surface area contributed by atoms with Gasteiger partial charge in [-0.05, 0) is 32.8 Å². The molecule has 3 amide bonds. The number of nitrogens with zero attached hydrogens (tertiary/aromatic N) is 5.